The first-order chi connectivity index (χ1) is 9.36. The molecule has 0 aliphatic rings. The Labute approximate surface area is 118 Å². The van der Waals surface area contributed by atoms with Gasteiger partial charge in [-0.2, -0.15) is 0 Å². The van der Waals surface area contributed by atoms with Crippen molar-refractivity contribution in [2.24, 2.45) is 11.8 Å². The van der Waals surface area contributed by atoms with Crippen LogP contribution in [0.25, 0.3) is 0 Å². The first-order valence-corrected chi connectivity index (χ1v) is 6.54. The highest BCUT2D eigenvalue weighted by Gasteiger charge is 2.26. The zero-order valence-corrected chi connectivity index (χ0v) is 12.2. The Hall–Kier alpha value is -2.04. The number of carboxylic acids is 1. The molecule has 5 nitrogen and oxygen atoms in total. The van der Waals surface area contributed by atoms with Crippen LogP contribution in [-0.2, 0) is 9.59 Å². The topological polar surface area (TPSA) is 75.6 Å². The summed E-state index contributed by atoms with van der Waals surface area (Å²) in [4.78, 5) is 22.9. The fraction of sp³-hybridized carbons (Fsp3) is 0.467. The van der Waals surface area contributed by atoms with Gasteiger partial charge in [-0.3, -0.25) is 9.59 Å². The van der Waals surface area contributed by atoms with Crippen LogP contribution in [0.1, 0.15) is 32.4 Å². The van der Waals surface area contributed by atoms with Crippen molar-refractivity contribution in [2.45, 2.75) is 26.8 Å². The van der Waals surface area contributed by atoms with E-state index in [1.54, 1.807) is 14.0 Å². The number of hydrogen-bond donors (Lipinski definition) is 2. The Kier molecular flexibility index (Phi) is 5.55. The minimum absolute atomic E-state index is 0.183. The van der Waals surface area contributed by atoms with Gasteiger partial charge in [0.05, 0.1) is 19.1 Å². The molecular formula is C15H21NO4. The molecule has 0 bridgehead atoms. The summed E-state index contributed by atoms with van der Waals surface area (Å²) in [7, 11) is 1.59. The van der Waals surface area contributed by atoms with Gasteiger partial charge < -0.3 is 15.2 Å². The van der Waals surface area contributed by atoms with E-state index in [2.05, 4.69) is 5.32 Å². The van der Waals surface area contributed by atoms with Crippen molar-refractivity contribution in [3.8, 4) is 5.75 Å². The molecule has 1 rings (SSSR count). The molecule has 20 heavy (non-hydrogen) atoms. The van der Waals surface area contributed by atoms with Crippen LogP contribution < -0.4 is 10.1 Å². The molecule has 0 saturated carbocycles. The van der Waals surface area contributed by atoms with E-state index in [4.69, 9.17) is 9.84 Å². The smallest absolute Gasteiger partial charge is 0.307 e. The summed E-state index contributed by atoms with van der Waals surface area (Å²) in [5.74, 6) is -1.76. The van der Waals surface area contributed by atoms with Gasteiger partial charge in [-0.05, 0) is 24.6 Å². The molecule has 3 atom stereocenters. The van der Waals surface area contributed by atoms with Crippen molar-refractivity contribution in [3.63, 3.8) is 0 Å². The average Bonchev–Trinajstić information content (AvgIpc) is 2.45. The van der Waals surface area contributed by atoms with Crippen LogP contribution >= 0.6 is 0 Å². The quantitative estimate of drug-likeness (QED) is 0.837. The van der Waals surface area contributed by atoms with Gasteiger partial charge in [-0.25, -0.2) is 0 Å². The number of hydrogen-bond acceptors (Lipinski definition) is 3. The highest BCUT2D eigenvalue weighted by molar-refractivity contribution is 5.84. The van der Waals surface area contributed by atoms with Crippen LogP contribution in [0.3, 0.4) is 0 Å². The Bertz CT molecular complexity index is 469. The molecule has 0 radical (unpaired) electrons. The van der Waals surface area contributed by atoms with Crippen molar-refractivity contribution in [3.05, 3.63) is 29.8 Å². The molecule has 5 heteroatoms. The van der Waals surface area contributed by atoms with E-state index in [0.29, 0.717) is 0 Å². The number of amides is 1. The SMILES string of the molecule is COc1ccc(C(C)NC(=O)C(C)C(C)C(=O)O)cc1. The van der Waals surface area contributed by atoms with Crippen LogP contribution in [0.4, 0.5) is 0 Å². The van der Waals surface area contributed by atoms with E-state index < -0.39 is 17.8 Å². The molecule has 2 N–H and O–H groups in total. The van der Waals surface area contributed by atoms with E-state index in [9.17, 15) is 9.59 Å². The fourth-order valence-corrected chi connectivity index (χ4v) is 1.76. The monoisotopic (exact) mass is 279 g/mol. The molecule has 0 aliphatic carbocycles. The number of ether oxygens (including phenoxy) is 1. The van der Waals surface area contributed by atoms with Gasteiger partial charge in [0, 0.05) is 5.92 Å². The van der Waals surface area contributed by atoms with Crippen molar-refractivity contribution in [1.82, 2.24) is 5.32 Å². The van der Waals surface area contributed by atoms with Crippen LogP contribution in [0.5, 0.6) is 5.75 Å². The fourth-order valence-electron chi connectivity index (χ4n) is 1.76. The second-order valence-electron chi connectivity index (χ2n) is 4.92. The second-order valence-corrected chi connectivity index (χ2v) is 4.92. The Balaban J connectivity index is 2.66. The molecule has 110 valence electrons. The number of methoxy groups -OCH3 is 1. The summed E-state index contributed by atoms with van der Waals surface area (Å²) < 4.78 is 5.07. The molecule has 1 aromatic carbocycles. The maximum Gasteiger partial charge on any atom is 0.307 e. The summed E-state index contributed by atoms with van der Waals surface area (Å²) in [5, 5.41) is 11.7. The molecule has 3 unspecified atom stereocenters. The number of benzene rings is 1. The highest BCUT2D eigenvalue weighted by atomic mass is 16.5. The predicted molar refractivity (Wildman–Crippen MR) is 75.5 cm³/mol. The highest BCUT2D eigenvalue weighted by Crippen LogP contribution is 2.19. The van der Waals surface area contributed by atoms with E-state index in [0.717, 1.165) is 11.3 Å². The van der Waals surface area contributed by atoms with Crippen LogP contribution in [0.15, 0.2) is 24.3 Å². The van der Waals surface area contributed by atoms with Crippen LogP contribution in [-0.4, -0.2) is 24.1 Å². The van der Waals surface area contributed by atoms with Crippen molar-refractivity contribution >= 4 is 11.9 Å². The van der Waals surface area contributed by atoms with Gasteiger partial charge in [-0.15, -0.1) is 0 Å². The summed E-state index contributed by atoms with van der Waals surface area (Å²) in [6, 6.07) is 7.20. The maximum absolute atomic E-state index is 12.0. The third kappa shape index (κ3) is 3.98. The lowest BCUT2D eigenvalue weighted by Gasteiger charge is -2.20. The van der Waals surface area contributed by atoms with E-state index >= 15 is 0 Å². The van der Waals surface area contributed by atoms with Gasteiger partial charge in [0.2, 0.25) is 5.91 Å². The summed E-state index contributed by atoms with van der Waals surface area (Å²) in [6.07, 6.45) is 0. The number of nitrogens with one attached hydrogen (secondary N) is 1. The van der Waals surface area contributed by atoms with Crippen molar-refractivity contribution < 1.29 is 19.4 Å². The molecule has 0 aromatic heterocycles. The van der Waals surface area contributed by atoms with Gasteiger partial charge in [-0.1, -0.05) is 26.0 Å². The first kappa shape index (κ1) is 16.0. The third-order valence-electron chi connectivity index (χ3n) is 3.53. The lowest BCUT2D eigenvalue weighted by Crippen LogP contribution is -2.36. The van der Waals surface area contributed by atoms with Crippen LogP contribution in [0.2, 0.25) is 0 Å². The molecule has 0 fully saturated rings. The normalized spacial score (nSPS) is 15.0. The van der Waals surface area contributed by atoms with Crippen molar-refractivity contribution in [1.29, 1.82) is 0 Å². The van der Waals surface area contributed by atoms with Gasteiger partial charge >= 0.3 is 5.97 Å². The lowest BCUT2D eigenvalue weighted by molar-refractivity contribution is -0.146. The average molecular weight is 279 g/mol. The van der Waals surface area contributed by atoms with Crippen LogP contribution in [0, 0.1) is 11.8 Å². The Morgan fingerprint density at radius 1 is 1.10 bits per heavy atom. The molecule has 0 aliphatic heterocycles. The number of carboxylic acid groups (broad SMARTS) is 1. The minimum Gasteiger partial charge on any atom is -0.497 e. The Morgan fingerprint density at radius 2 is 1.65 bits per heavy atom. The number of carbonyl (C=O) groups excluding carboxylic acids is 1. The zero-order valence-electron chi connectivity index (χ0n) is 12.2. The van der Waals surface area contributed by atoms with Crippen molar-refractivity contribution in [2.75, 3.05) is 7.11 Å². The second kappa shape index (κ2) is 6.93. The molecule has 0 saturated heterocycles. The van der Waals surface area contributed by atoms with E-state index in [-0.39, 0.29) is 11.9 Å². The number of aliphatic carboxylic acids is 1. The number of carbonyl (C=O) groups is 2. The minimum atomic E-state index is -0.968. The standard InChI is InChI=1S/C15H21NO4/c1-9(10(2)15(18)19)14(17)16-11(3)12-5-7-13(20-4)8-6-12/h5-11H,1-4H3,(H,16,17)(H,18,19). The molecular weight excluding hydrogens is 258 g/mol. The van der Waals surface area contributed by atoms with Gasteiger partial charge in [0.25, 0.3) is 0 Å². The Morgan fingerprint density at radius 3 is 2.10 bits per heavy atom. The summed E-state index contributed by atoms with van der Waals surface area (Å²) >= 11 is 0. The summed E-state index contributed by atoms with van der Waals surface area (Å²) in [5.41, 5.74) is 0.939. The summed E-state index contributed by atoms with van der Waals surface area (Å²) in [6.45, 7) is 5.01. The largest absolute Gasteiger partial charge is 0.497 e. The molecule has 0 heterocycles. The lowest BCUT2D eigenvalue weighted by atomic mass is 9.94. The molecule has 1 amide bonds. The van der Waals surface area contributed by atoms with E-state index in [1.165, 1.54) is 6.92 Å². The maximum atomic E-state index is 12.0. The molecule has 1 aromatic rings. The number of rotatable bonds is 6. The third-order valence-corrected chi connectivity index (χ3v) is 3.53. The van der Waals surface area contributed by atoms with Gasteiger partial charge in [0.15, 0.2) is 0 Å². The zero-order chi connectivity index (χ0) is 15.3. The predicted octanol–water partition coefficient (Wildman–Crippen LogP) is 2.23. The van der Waals surface area contributed by atoms with E-state index in [1.807, 2.05) is 31.2 Å². The first-order valence-electron chi connectivity index (χ1n) is 6.54. The molecule has 0 spiro atoms. The van der Waals surface area contributed by atoms with Gasteiger partial charge in [0.1, 0.15) is 5.75 Å².